The normalized spacial score (nSPS) is 39.9. The monoisotopic (exact) mass is 521 g/mol. The van der Waals surface area contributed by atoms with Crippen molar-refractivity contribution in [1.29, 1.82) is 0 Å². The minimum absolute atomic E-state index is 0. The second kappa shape index (κ2) is 20.0. The van der Waals surface area contributed by atoms with Crippen LogP contribution in [0, 0.1) is 59.2 Å². The summed E-state index contributed by atoms with van der Waals surface area (Å²) in [6.45, 7) is 19.0. The predicted molar refractivity (Wildman–Crippen MR) is 172 cm³/mol. The molecule has 0 amide bonds. The minimum atomic E-state index is 0. The topological polar surface area (TPSA) is 0 Å². The zero-order valence-corrected chi connectivity index (χ0v) is 25.8. The maximum atomic E-state index is 2.47. The van der Waals surface area contributed by atoms with Gasteiger partial charge in [0, 0.05) is 0 Å². The Balaban J connectivity index is 0.000000607. The van der Waals surface area contributed by atoms with Crippen LogP contribution in [0.15, 0.2) is 0 Å². The lowest BCUT2D eigenvalue weighted by molar-refractivity contribution is 0.139. The van der Waals surface area contributed by atoms with E-state index >= 15 is 0 Å². The maximum absolute atomic E-state index is 2.47. The molecule has 37 heavy (non-hydrogen) atoms. The molecule has 0 nitrogen and oxygen atoms in total. The summed E-state index contributed by atoms with van der Waals surface area (Å²) in [4.78, 5) is 0. The van der Waals surface area contributed by atoms with Crippen LogP contribution in [0.5, 0.6) is 0 Å². The second-order valence-corrected chi connectivity index (χ2v) is 14.7. The van der Waals surface area contributed by atoms with Crippen LogP contribution in [0.1, 0.15) is 179 Å². The average Bonchev–Trinajstić information content (AvgIpc) is 2.83. The molecule has 0 heterocycles. The van der Waals surface area contributed by atoms with Crippen LogP contribution in [0.4, 0.5) is 0 Å². The van der Waals surface area contributed by atoms with Crippen molar-refractivity contribution in [3.05, 3.63) is 0 Å². The second-order valence-electron chi connectivity index (χ2n) is 14.7. The molecule has 0 aliphatic heterocycles. The fourth-order valence-corrected chi connectivity index (χ4v) is 7.82. The van der Waals surface area contributed by atoms with Crippen LogP contribution in [0.3, 0.4) is 0 Å². The molecule has 0 aromatic heterocycles. The van der Waals surface area contributed by atoms with Gasteiger partial charge in [0.1, 0.15) is 0 Å². The molecule has 4 saturated carbocycles. The van der Waals surface area contributed by atoms with E-state index in [9.17, 15) is 0 Å². The molecule has 0 aromatic carbocycles. The van der Waals surface area contributed by atoms with Gasteiger partial charge >= 0.3 is 0 Å². The first-order valence-corrected chi connectivity index (χ1v) is 16.7. The fourth-order valence-electron chi connectivity index (χ4n) is 7.82. The van der Waals surface area contributed by atoms with Crippen molar-refractivity contribution in [2.45, 2.75) is 179 Å². The van der Waals surface area contributed by atoms with E-state index in [0.717, 1.165) is 59.2 Å². The van der Waals surface area contributed by atoms with Crippen molar-refractivity contribution >= 4 is 0 Å². The fraction of sp³-hybridized carbons (Fsp3) is 1.00. The molecule has 4 fully saturated rings. The SMILES string of the molecule is C.C.CC1CCC(CC2CCC(C)C(C)C2)CC1C.CC1CCC(CC2CCC(C)CC2)CC1.CCC. The molecule has 0 aromatic rings. The molecule has 4 rings (SSSR count). The maximum Gasteiger partial charge on any atom is -0.0409 e. The van der Waals surface area contributed by atoms with E-state index < -0.39 is 0 Å². The van der Waals surface area contributed by atoms with Crippen LogP contribution in [-0.2, 0) is 0 Å². The Morgan fingerprint density at radius 3 is 0.946 bits per heavy atom. The van der Waals surface area contributed by atoms with E-state index in [4.69, 9.17) is 0 Å². The molecular weight excluding hydrogens is 444 g/mol. The Bertz CT molecular complexity index is 462. The van der Waals surface area contributed by atoms with Gasteiger partial charge in [0.2, 0.25) is 0 Å². The Labute approximate surface area is 238 Å². The zero-order chi connectivity index (χ0) is 25.8. The number of hydrogen-bond acceptors (Lipinski definition) is 0. The minimum Gasteiger partial charge on any atom is -0.0776 e. The summed E-state index contributed by atoms with van der Waals surface area (Å²) in [7, 11) is 0. The molecular formula is C37H76. The van der Waals surface area contributed by atoms with Crippen LogP contribution >= 0.6 is 0 Å². The van der Waals surface area contributed by atoms with Gasteiger partial charge in [0.15, 0.2) is 0 Å². The van der Waals surface area contributed by atoms with E-state index in [1.54, 1.807) is 12.8 Å². The molecule has 6 atom stereocenters. The standard InChI is InChI=1S/C17H32.C15H28.C3H8.2CH4/c1-12-5-7-16(9-14(12)3)11-17-8-6-13(2)15(4)10-17;1-12-3-7-14(8-4-12)11-15-9-5-13(2)6-10-15;1-3-2;;/h12-17H,5-11H2,1-4H3;12-15H,3-11H2,1-2H3;3H2,1-2H3;2*1H4. The highest BCUT2D eigenvalue weighted by Crippen LogP contribution is 2.42. The summed E-state index contributed by atoms with van der Waals surface area (Å²) < 4.78 is 0. The van der Waals surface area contributed by atoms with Gasteiger partial charge in [-0.3, -0.25) is 0 Å². The summed E-state index contributed by atoms with van der Waals surface area (Å²) in [6.07, 6.45) is 25.6. The molecule has 6 unspecified atom stereocenters. The molecule has 0 bridgehead atoms. The van der Waals surface area contributed by atoms with Crippen LogP contribution in [-0.4, -0.2) is 0 Å². The number of hydrogen-bond donors (Lipinski definition) is 0. The first kappa shape index (κ1) is 37.0. The van der Waals surface area contributed by atoms with E-state index in [1.807, 2.05) is 0 Å². The Morgan fingerprint density at radius 2 is 0.649 bits per heavy atom. The van der Waals surface area contributed by atoms with Gasteiger partial charge in [-0.05, 0) is 84.9 Å². The number of rotatable bonds is 4. The molecule has 4 aliphatic rings. The summed E-state index contributed by atoms with van der Waals surface area (Å²) >= 11 is 0. The molecule has 0 spiro atoms. The third-order valence-corrected chi connectivity index (χ3v) is 11.0. The summed E-state index contributed by atoms with van der Waals surface area (Å²) in [6, 6.07) is 0. The van der Waals surface area contributed by atoms with Gasteiger partial charge in [-0.1, -0.05) is 154 Å². The first-order chi connectivity index (χ1) is 16.7. The molecule has 0 radical (unpaired) electrons. The van der Waals surface area contributed by atoms with Crippen molar-refractivity contribution < 1.29 is 0 Å². The Kier molecular flexibility index (Phi) is 20.0. The third-order valence-electron chi connectivity index (χ3n) is 11.0. The zero-order valence-electron chi connectivity index (χ0n) is 25.8. The highest BCUT2D eigenvalue weighted by molar-refractivity contribution is 4.81. The highest BCUT2D eigenvalue weighted by atomic mass is 14.4. The lowest BCUT2D eigenvalue weighted by Crippen LogP contribution is -2.26. The quantitative estimate of drug-likeness (QED) is 0.345. The van der Waals surface area contributed by atoms with E-state index in [-0.39, 0.29) is 14.9 Å². The van der Waals surface area contributed by atoms with Crippen molar-refractivity contribution in [2.24, 2.45) is 59.2 Å². The van der Waals surface area contributed by atoms with Gasteiger partial charge in [0.05, 0.1) is 0 Å². The third kappa shape index (κ3) is 14.3. The van der Waals surface area contributed by atoms with Crippen molar-refractivity contribution in [2.75, 3.05) is 0 Å². The molecule has 224 valence electrons. The summed E-state index contributed by atoms with van der Waals surface area (Å²) in [5.74, 6) is 10.3. The smallest absolute Gasteiger partial charge is 0.0409 e. The average molecular weight is 521 g/mol. The predicted octanol–water partition coefficient (Wildman–Crippen LogP) is 13.2. The lowest BCUT2D eigenvalue weighted by atomic mass is 9.68. The van der Waals surface area contributed by atoms with E-state index in [1.165, 1.54) is 96.3 Å². The van der Waals surface area contributed by atoms with Gasteiger partial charge < -0.3 is 0 Å². The molecule has 4 aliphatic carbocycles. The lowest BCUT2D eigenvalue weighted by Gasteiger charge is -2.37. The van der Waals surface area contributed by atoms with Crippen molar-refractivity contribution in [3.8, 4) is 0 Å². The van der Waals surface area contributed by atoms with Gasteiger partial charge in [-0.15, -0.1) is 0 Å². The van der Waals surface area contributed by atoms with E-state index in [2.05, 4.69) is 55.4 Å². The summed E-state index contributed by atoms with van der Waals surface area (Å²) in [5, 5.41) is 0. The largest absolute Gasteiger partial charge is 0.0776 e. The van der Waals surface area contributed by atoms with Crippen LogP contribution in [0.25, 0.3) is 0 Å². The van der Waals surface area contributed by atoms with Crippen molar-refractivity contribution in [1.82, 2.24) is 0 Å². The van der Waals surface area contributed by atoms with Gasteiger partial charge in [0.25, 0.3) is 0 Å². The van der Waals surface area contributed by atoms with Crippen LogP contribution in [0.2, 0.25) is 0 Å². The molecule has 0 saturated heterocycles. The highest BCUT2D eigenvalue weighted by Gasteiger charge is 2.30. The molecule has 0 N–H and O–H groups in total. The van der Waals surface area contributed by atoms with Crippen LogP contribution < -0.4 is 0 Å². The summed E-state index contributed by atoms with van der Waals surface area (Å²) in [5.41, 5.74) is 0. The Hall–Kier alpha value is 0. The first-order valence-electron chi connectivity index (χ1n) is 16.7. The van der Waals surface area contributed by atoms with Gasteiger partial charge in [-0.25, -0.2) is 0 Å². The molecule has 0 heteroatoms. The van der Waals surface area contributed by atoms with Crippen molar-refractivity contribution in [3.63, 3.8) is 0 Å². The van der Waals surface area contributed by atoms with E-state index in [0.29, 0.717) is 0 Å². The van der Waals surface area contributed by atoms with Gasteiger partial charge in [-0.2, -0.15) is 0 Å². The Morgan fingerprint density at radius 1 is 0.378 bits per heavy atom.